The summed E-state index contributed by atoms with van der Waals surface area (Å²) >= 11 is 0. The molecule has 1 heterocycles. The number of benzene rings is 1. The van der Waals surface area contributed by atoms with Crippen LogP contribution in [-0.4, -0.2) is 61.0 Å². The van der Waals surface area contributed by atoms with Crippen LogP contribution in [0.5, 0.6) is 11.5 Å². The standard InChI is InChI=1S/C20H27N3O5/c1-22(13-14-6-7-15(27-2)12-16(14)28-3)17(24)8-11-23-18(25)20(21-19(23)26)9-4-5-10-20/h6-7,12H,4-5,8-11,13H2,1-3H3,(H,21,26). The van der Waals surface area contributed by atoms with Crippen molar-refractivity contribution in [2.75, 3.05) is 27.8 Å². The number of carbonyl (C=O) groups is 3. The zero-order valence-corrected chi connectivity index (χ0v) is 16.6. The van der Waals surface area contributed by atoms with Gasteiger partial charge in [0.2, 0.25) is 5.91 Å². The first-order chi connectivity index (χ1) is 13.4. The van der Waals surface area contributed by atoms with E-state index in [1.165, 1.54) is 4.90 Å². The maximum absolute atomic E-state index is 12.6. The monoisotopic (exact) mass is 389 g/mol. The first kappa shape index (κ1) is 20.0. The number of urea groups is 1. The average Bonchev–Trinajstić information content (AvgIpc) is 3.25. The Morgan fingerprint density at radius 2 is 1.93 bits per heavy atom. The Kier molecular flexibility index (Phi) is 5.76. The lowest BCUT2D eigenvalue weighted by Gasteiger charge is -2.22. The van der Waals surface area contributed by atoms with E-state index in [-0.39, 0.29) is 30.8 Å². The normalized spacial score (nSPS) is 17.8. The SMILES string of the molecule is COc1ccc(CN(C)C(=O)CCN2C(=O)NC3(CCCC3)C2=O)c(OC)c1. The van der Waals surface area contributed by atoms with Gasteiger partial charge in [0, 0.05) is 38.2 Å². The van der Waals surface area contributed by atoms with Gasteiger partial charge in [0.15, 0.2) is 0 Å². The predicted octanol–water partition coefficient (Wildman–Crippen LogP) is 1.92. The Labute approximate surface area is 164 Å². The predicted molar refractivity (Wildman–Crippen MR) is 102 cm³/mol. The van der Waals surface area contributed by atoms with Crippen molar-refractivity contribution in [2.45, 2.75) is 44.2 Å². The first-order valence-electron chi connectivity index (χ1n) is 9.49. The summed E-state index contributed by atoms with van der Waals surface area (Å²) in [5.41, 5.74) is 0.113. The van der Waals surface area contributed by atoms with Gasteiger partial charge in [-0.3, -0.25) is 14.5 Å². The summed E-state index contributed by atoms with van der Waals surface area (Å²) < 4.78 is 10.6. The molecule has 2 fully saturated rings. The van der Waals surface area contributed by atoms with E-state index in [1.807, 2.05) is 12.1 Å². The Balaban J connectivity index is 1.58. The second kappa shape index (κ2) is 8.08. The molecular formula is C20H27N3O5. The van der Waals surface area contributed by atoms with Crippen molar-refractivity contribution < 1.29 is 23.9 Å². The van der Waals surface area contributed by atoms with Crippen molar-refractivity contribution in [2.24, 2.45) is 0 Å². The fourth-order valence-electron chi connectivity index (χ4n) is 3.92. The van der Waals surface area contributed by atoms with Crippen molar-refractivity contribution in [1.29, 1.82) is 0 Å². The molecule has 1 aromatic rings. The molecule has 2 aliphatic rings. The van der Waals surface area contributed by atoms with E-state index >= 15 is 0 Å². The van der Waals surface area contributed by atoms with E-state index in [9.17, 15) is 14.4 Å². The van der Waals surface area contributed by atoms with Crippen LogP contribution in [-0.2, 0) is 16.1 Å². The number of imide groups is 1. The number of hydrogen-bond donors (Lipinski definition) is 1. The second-order valence-corrected chi connectivity index (χ2v) is 7.35. The molecule has 0 aromatic heterocycles. The summed E-state index contributed by atoms with van der Waals surface area (Å²) in [6.07, 6.45) is 3.32. The van der Waals surface area contributed by atoms with Crippen LogP contribution in [0, 0.1) is 0 Å². The van der Waals surface area contributed by atoms with Crippen molar-refractivity contribution in [1.82, 2.24) is 15.1 Å². The quantitative estimate of drug-likeness (QED) is 0.720. The van der Waals surface area contributed by atoms with Crippen LogP contribution >= 0.6 is 0 Å². The van der Waals surface area contributed by atoms with Gasteiger partial charge in [0.25, 0.3) is 5.91 Å². The second-order valence-electron chi connectivity index (χ2n) is 7.35. The lowest BCUT2D eigenvalue weighted by molar-refractivity contribution is -0.133. The Morgan fingerprint density at radius 3 is 2.57 bits per heavy atom. The van der Waals surface area contributed by atoms with E-state index in [1.54, 1.807) is 32.2 Å². The minimum Gasteiger partial charge on any atom is -0.497 e. The highest BCUT2D eigenvalue weighted by Crippen LogP contribution is 2.35. The molecule has 1 N–H and O–H groups in total. The fraction of sp³-hybridized carbons (Fsp3) is 0.550. The van der Waals surface area contributed by atoms with E-state index in [2.05, 4.69) is 5.32 Å². The minimum absolute atomic E-state index is 0.0875. The van der Waals surface area contributed by atoms with E-state index in [4.69, 9.17) is 9.47 Å². The molecule has 1 aliphatic carbocycles. The number of hydrogen-bond acceptors (Lipinski definition) is 5. The van der Waals surface area contributed by atoms with Crippen LogP contribution in [0.3, 0.4) is 0 Å². The van der Waals surface area contributed by atoms with Crippen LogP contribution in [0.15, 0.2) is 18.2 Å². The smallest absolute Gasteiger partial charge is 0.325 e. The lowest BCUT2D eigenvalue weighted by atomic mass is 9.98. The average molecular weight is 389 g/mol. The van der Waals surface area contributed by atoms with Gasteiger partial charge in [-0.05, 0) is 25.0 Å². The van der Waals surface area contributed by atoms with Crippen LogP contribution in [0.4, 0.5) is 4.79 Å². The third-order valence-electron chi connectivity index (χ3n) is 5.58. The first-order valence-corrected chi connectivity index (χ1v) is 9.49. The number of nitrogens with one attached hydrogen (secondary N) is 1. The zero-order valence-electron chi connectivity index (χ0n) is 16.6. The fourth-order valence-corrected chi connectivity index (χ4v) is 3.92. The van der Waals surface area contributed by atoms with Gasteiger partial charge in [-0.2, -0.15) is 0 Å². The minimum atomic E-state index is -0.734. The maximum atomic E-state index is 12.6. The summed E-state index contributed by atoms with van der Waals surface area (Å²) in [6, 6.07) is 5.04. The van der Waals surface area contributed by atoms with Gasteiger partial charge in [-0.1, -0.05) is 12.8 Å². The van der Waals surface area contributed by atoms with Crippen molar-refractivity contribution in [3.05, 3.63) is 23.8 Å². The summed E-state index contributed by atoms with van der Waals surface area (Å²) in [7, 11) is 4.84. The number of rotatable bonds is 7. The topological polar surface area (TPSA) is 88.2 Å². The Hall–Kier alpha value is -2.77. The largest absolute Gasteiger partial charge is 0.497 e. The molecule has 152 valence electrons. The maximum Gasteiger partial charge on any atom is 0.325 e. The molecule has 3 rings (SSSR count). The van der Waals surface area contributed by atoms with Crippen LogP contribution in [0.25, 0.3) is 0 Å². The van der Waals surface area contributed by atoms with Crippen LogP contribution < -0.4 is 14.8 Å². The van der Waals surface area contributed by atoms with Crippen molar-refractivity contribution in [3.63, 3.8) is 0 Å². The number of nitrogens with zero attached hydrogens (tertiary/aromatic N) is 2. The molecular weight excluding hydrogens is 362 g/mol. The Morgan fingerprint density at radius 1 is 1.21 bits per heavy atom. The van der Waals surface area contributed by atoms with Gasteiger partial charge < -0.3 is 19.7 Å². The molecule has 0 bridgehead atoms. The Bertz CT molecular complexity index is 773. The van der Waals surface area contributed by atoms with E-state index < -0.39 is 5.54 Å². The molecule has 1 saturated heterocycles. The molecule has 1 spiro atoms. The molecule has 1 aliphatic heterocycles. The third kappa shape index (κ3) is 3.76. The highest BCUT2D eigenvalue weighted by molar-refractivity contribution is 6.07. The number of amides is 4. The summed E-state index contributed by atoms with van der Waals surface area (Å²) in [5.74, 6) is 0.971. The summed E-state index contributed by atoms with van der Waals surface area (Å²) in [4.78, 5) is 40.1. The molecule has 1 saturated carbocycles. The molecule has 8 nitrogen and oxygen atoms in total. The van der Waals surface area contributed by atoms with Crippen molar-refractivity contribution >= 4 is 17.8 Å². The molecule has 8 heteroatoms. The molecule has 4 amide bonds. The molecule has 0 radical (unpaired) electrons. The van der Waals surface area contributed by atoms with E-state index in [0.29, 0.717) is 30.9 Å². The van der Waals surface area contributed by atoms with E-state index in [0.717, 1.165) is 18.4 Å². The molecule has 0 unspecified atom stereocenters. The van der Waals surface area contributed by atoms with Crippen LogP contribution in [0.1, 0.15) is 37.7 Å². The third-order valence-corrected chi connectivity index (χ3v) is 5.58. The molecule has 1 aromatic carbocycles. The summed E-state index contributed by atoms with van der Waals surface area (Å²) in [6.45, 7) is 0.450. The van der Waals surface area contributed by atoms with Gasteiger partial charge in [-0.15, -0.1) is 0 Å². The van der Waals surface area contributed by atoms with Gasteiger partial charge in [0.05, 0.1) is 14.2 Å². The van der Waals surface area contributed by atoms with Crippen molar-refractivity contribution in [3.8, 4) is 11.5 Å². The van der Waals surface area contributed by atoms with Gasteiger partial charge in [-0.25, -0.2) is 4.79 Å². The molecule has 28 heavy (non-hydrogen) atoms. The lowest BCUT2D eigenvalue weighted by Crippen LogP contribution is -2.44. The highest BCUT2D eigenvalue weighted by Gasteiger charge is 2.52. The highest BCUT2D eigenvalue weighted by atomic mass is 16.5. The summed E-state index contributed by atoms with van der Waals surface area (Å²) in [5, 5.41) is 2.83. The van der Waals surface area contributed by atoms with Gasteiger partial charge >= 0.3 is 6.03 Å². The van der Waals surface area contributed by atoms with Gasteiger partial charge in [0.1, 0.15) is 17.0 Å². The van der Waals surface area contributed by atoms with Crippen LogP contribution in [0.2, 0.25) is 0 Å². The molecule has 0 atom stereocenters. The number of carbonyl (C=O) groups excluding carboxylic acids is 3. The zero-order chi connectivity index (χ0) is 20.3. The number of ether oxygens (including phenoxy) is 2. The number of methoxy groups -OCH3 is 2.